The van der Waals surface area contributed by atoms with Crippen LogP contribution in [0.1, 0.15) is 53.9 Å². The van der Waals surface area contributed by atoms with Gasteiger partial charge in [-0.3, -0.25) is 9.63 Å². The van der Waals surface area contributed by atoms with Crippen molar-refractivity contribution < 1.29 is 9.63 Å². The van der Waals surface area contributed by atoms with E-state index < -0.39 is 0 Å². The van der Waals surface area contributed by atoms with Gasteiger partial charge in [0, 0.05) is 5.56 Å². The lowest BCUT2D eigenvalue weighted by Crippen LogP contribution is -2.24. The van der Waals surface area contributed by atoms with Crippen LogP contribution < -0.4 is 5.48 Å². The number of benzene rings is 2. The summed E-state index contributed by atoms with van der Waals surface area (Å²) in [6, 6.07) is 12.3. The monoisotopic (exact) mass is 283 g/mol. The fraction of sp³-hybridized carbons (Fsp3) is 0.389. The zero-order chi connectivity index (χ0) is 14.7. The number of rotatable bonds is 3. The molecule has 0 unspecified atom stereocenters. The number of fused-ring (bicyclic) bond motifs is 1. The van der Waals surface area contributed by atoms with Crippen LogP contribution in [0.25, 0.3) is 10.8 Å². The van der Waals surface area contributed by atoms with Crippen molar-refractivity contribution in [1.82, 2.24) is 5.48 Å². The second-order valence-electron chi connectivity index (χ2n) is 5.72. The third-order valence-electron chi connectivity index (χ3n) is 4.42. The maximum Gasteiger partial charge on any atom is 0.275 e. The molecule has 3 rings (SSSR count). The number of hydrogen-bond acceptors (Lipinski definition) is 2. The van der Waals surface area contributed by atoms with Crippen LogP contribution >= 0.6 is 0 Å². The Hall–Kier alpha value is -1.87. The first kappa shape index (κ1) is 14.1. The van der Waals surface area contributed by atoms with Crippen molar-refractivity contribution in [2.45, 2.75) is 38.0 Å². The van der Waals surface area contributed by atoms with Gasteiger partial charge >= 0.3 is 0 Å². The SMILES string of the molecule is CONC(=O)c1ccc2ccccc2c1C1CCCCC1. The number of nitrogens with one attached hydrogen (secondary N) is 1. The van der Waals surface area contributed by atoms with Crippen LogP contribution in [-0.4, -0.2) is 13.0 Å². The van der Waals surface area contributed by atoms with E-state index >= 15 is 0 Å². The van der Waals surface area contributed by atoms with Crippen LogP contribution in [0.3, 0.4) is 0 Å². The zero-order valence-corrected chi connectivity index (χ0v) is 12.4. The highest BCUT2D eigenvalue weighted by molar-refractivity contribution is 6.01. The van der Waals surface area contributed by atoms with E-state index in [1.807, 2.05) is 24.3 Å². The maximum atomic E-state index is 12.3. The Balaban J connectivity index is 2.14. The van der Waals surface area contributed by atoms with E-state index in [1.54, 1.807) is 0 Å². The Kier molecular flexibility index (Phi) is 4.20. The van der Waals surface area contributed by atoms with Gasteiger partial charge in [-0.1, -0.05) is 49.6 Å². The van der Waals surface area contributed by atoms with Gasteiger partial charge in [0.05, 0.1) is 7.11 Å². The van der Waals surface area contributed by atoms with E-state index in [1.165, 1.54) is 55.5 Å². The number of carbonyl (C=O) groups is 1. The van der Waals surface area contributed by atoms with Crippen molar-refractivity contribution in [3.05, 3.63) is 47.5 Å². The molecule has 21 heavy (non-hydrogen) atoms. The lowest BCUT2D eigenvalue weighted by atomic mass is 9.79. The molecule has 110 valence electrons. The molecule has 3 heteroatoms. The van der Waals surface area contributed by atoms with Crippen molar-refractivity contribution in [2.75, 3.05) is 7.11 Å². The molecule has 3 nitrogen and oxygen atoms in total. The molecule has 0 bridgehead atoms. The van der Waals surface area contributed by atoms with Gasteiger partial charge in [0.15, 0.2) is 0 Å². The average Bonchev–Trinajstić information content (AvgIpc) is 2.55. The molecule has 0 heterocycles. The van der Waals surface area contributed by atoms with Crippen molar-refractivity contribution in [1.29, 1.82) is 0 Å². The van der Waals surface area contributed by atoms with Crippen LogP contribution in [0.15, 0.2) is 36.4 Å². The van der Waals surface area contributed by atoms with E-state index in [0.29, 0.717) is 5.92 Å². The Morgan fingerprint density at radius 3 is 2.62 bits per heavy atom. The van der Waals surface area contributed by atoms with Crippen LogP contribution in [-0.2, 0) is 4.84 Å². The van der Waals surface area contributed by atoms with Crippen molar-refractivity contribution in [3.8, 4) is 0 Å². The third-order valence-corrected chi connectivity index (χ3v) is 4.42. The van der Waals surface area contributed by atoms with E-state index in [0.717, 1.165) is 5.56 Å². The minimum atomic E-state index is -0.149. The summed E-state index contributed by atoms with van der Waals surface area (Å²) in [5, 5.41) is 2.40. The predicted octanol–water partition coefficient (Wildman–Crippen LogP) is 4.18. The first-order chi connectivity index (χ1) is 10.3. The smallest absolute Gasteiger partial charge is 0.275 e. The van der Waals surface area contributed by atoms with Crippen LogP contribution in [0.2, 0.25) is 0 Å². The van der Waals surface area contributed by atoms with Gasteiger partial charge in [0.2, 0.25) is 0 Å². The molecular weight excluding hydrogens is 262 g/mol. The number of carbonyl (C=O) groups excluding carboxylic acids is 1. The normalized spacial score (nSPS) is 16.0. The Morgan fingerprint density at radius 2 is 1.86 bits per heavy atom. The summed E-state index contributed by atoms with van der Waals surface area (Å²) in [5.41, 5.74) is 4.42. The minimum Gasteiger partial charge on any atom is -0.277 e. The Morgan fingerprint density at radius 1 is 1.10 bits per heavy atom. The lowest BCUT2D eigenvalue weighted by molar-refractivity contribution is 0.0536. The summed E-state index contributed by atoms with van der Waals surface area (Å²) in [6.45, 7) is 0. The van der Waals surface area contributed by atoms with Gasteiger partial charge in [-0.25, -0.2) is 5.48 Å². The molecule has 0 radical (unpaired) electrons. The topological polar surface area (TPSA) is 38.3 Å². The lowest BCUT2D eigenvalue weighted by Gasteiger charge is -2.25. The van der Waals surface area contributed by atoms with E-state index in [4.69, 9.17) is 4.84 Å². The molecule has 0 aliphatic heterocycles. The fourth-order valence-corrected chi connectivity index (χ4v) is 3.47. The molecule has 2 aromatic carbocycles. The molecular formula is C18H21NO2. The van der Waals surface area contributed by atoms with Crippen molar-refractivity contribution in [3.63, 3.8) is 0 Å². The summed E-state index contributed by atoms with van der Waals surface area (Å²) >= 11 is 0. The highest BCUT2D eigenvalue weighted by atomic mass is 16.6. The van der Waals surface area contributed by atoms with Gasteiger partial charge in [-0.2, -0.15) is 0 Å². The van der Waals surface area contributed by atoms with Gasteiger partial charge in [0.25, 0.3) is 5.91 Å². The fourth-order valence-electron chi connectivity index (χ4n) is 3.47. The molecule has 1 fully saturated rings. The number of hydroxylamine groups is 1. The summed E-state index contributed by atoms with van der Waals surface area (Å²) in [6.07, 6.45) is 6.14. The second-order valence-corrected chi connectivity index (χ2v) is 5.72. The van der Waals surface area contributed by atoms with Gasteiger partial charge in [0.1, 0.15) is 0 Å². The van der Waals surface area contributed by atoms with Crippen LogP contribution in [0, 0.1) is 0 Å². The van der Waals surface area contributed by atoms with Crippen LogP contribution in [0.5, 0.6) is 0 Å². The molecule has 1 N–H and O–H groups in total. The maximum absolute atomic E-state index is 12.3. The molecule has 1 aliphatic carbocycles. The van der Waals surface area contributed by atoms with Crippen molar-refractivity contribution in [2.24, 2.45) is 0 Å². The molecule has 1 aliphatic rings. The quantitative estimate of drug-likeness (QED) is 0.858. The third kappa shape index (κ3) is 2.79. The highest BCUT2D eigenvalue weighted by Gasteiger charge is 2.23. The average molecular weight is 283 g/mol. The van der Waals surface area contributed by atoms with Crippen molar-refractivity contribution >= 4 is 16.7 Å². The van der Waals surface area contributed by atoms with Gasteiger partial charge < -0.3 is 0 Å². The zero-order valence-electron chi connectivity index (χ0n) is 12.4. The Labute approximate surface area is 125 Å². The van der Waals surface area contributed by atoms with E-state index in [9.17, 15) is 4.79 Å². The van der Waals surface area contributed by atoms with E-state index in [-0.39, 0.29) is 5.91 Å². The standard InChI is InChI=1S/C18H21NO2/c1-21-19-18(20)16-12-11-13-7-5-6-10-15(13)17(16)14-8-3-2-4-9-14/h5-7,10-12,14H,2-4,8-9H2,1H3,(H,19,20). The van der Waals surface area contributed by atoms with Crippen LogP contribution in [0.4, 0.5) is 0 Å². The number of hydrogen-bond donors (Lipinski definition) is 1. The molecule has 0 atom stereocenters. The molecule has 0 aromatic heterocycles. The van der Waals surface area contributed by atoms with E-state index in [2.05, 4.69) is 17.6 Å². The molecule has 1 saturated carbocycles. The predicted molar refractivity (Wildman–Crippen MR) is 84.2 cm³/mol. The first-order valence-electron chi connectivity index (χ1n) is 7.66. The largest absolute Gasteiger partial charge is 0.277 e. The summed E-state index contributed by atoms with van der Waals surface area (Å²) in [7, 11) is 1.47. The second kappa shape index (κ2) is 6.27. The number of amides is 1. The highest BCUT2D eigenvalue weighted by Crippen LogP contribution is 2.38. The van der Waals surface area contributed by atoms with Gasteiger partial charge in [-0.05, 0) is 41.2 Å². The molecule has 0 spiro atoms. The minimum absolute atomic E-state index is 0.149. The summed E-state index contributed by atoms with van der Waals surface area (Å²) in [5.74, 6) is 0.325. The summed E-state index contributed by atoms with van der Waals surface area (Å²) < 4.78 is 0. The first-order valence-corrected chi connectivity index (χ1v) is 7.66. The molecule has 1 amide bonds. The summed E-state index contributed by atoms with van der Waals surface area (Å²) in [4.78, 5) is 17.1. The van der Waals surface area contributed by atoms with Gasteiger partial charge in [-0.15, -0.1) is 0 Å². The Bertz CT molecular complexity index is 645. The molecule has 0 saturated heterocycles. The molecule has 2 aromatic rings.